The zero-order chi connectivity index (χ0) is 16.6. The van der Waals surface area contributed by atoms with Crippen molar-refractivity contribution in [3.8, 4) is 6.07 Å². The van der Waals surface area contributed by atoms with Gasteiger partial charge in [0.15, 0.2) is 0 Å². The van der Waals surface area contributed by atoms with Crippen LogP contribution in [-0.2, 0) is 0 Å². The molecule has 1 saturated heterocycles. The van der Waals surface area contributed by atoms with Crippen LogP contribution in [0.3, 0.4) is 0 Å². The molecule has 0 unspecified atom stereocenters. The minimum atomic E-state index is -0.704. The van der Waals surface area contributed by atoms with Crippen LogP contribution in [0.1, 0.15) is 43.5 Å². The number of nitrogens with zero attached hydrogens (tertiary/aromatic N) is 2. The van der Waals surface area contributed by atoms with E-state index < -0.39 is 5.54 Å². The van der Waals surface area contributed by atoms with Gasteiger partial charge in [0.25, 0.3) is 5.91 Å². The molecule has 0 spiro atoms. The summed E-state index contributed by atoms with van der Waals surface area (Å²) in [5.41, 5.74) is -0.378. The van der Waals surface area contributed by atoms with Gasteiger partial charge in [0.1, 0.15) is 5.54 Å². The summed E-state index contributed by atoms with van der Waals surface area (Å²) in [6, 6.07) is 7.45. The van der Waals surface area contributed by atoms with E-state index in [1.807, 2.05) is 0 Å². The van der Waals surface area contributed by atoms with Crippen molar-refractivity contribution in [1.82, 2.24) is 4.90 Å². The summed E-state index contributed by atoms with van der Waals surface area (Å²) in [5.74, 6) is 0.389. The van der Waals surface area contributed by atoms with E-state index in [-0.39, 0.29) is 16.7 Å². The van der Waals surface area contributed by atoms with Crippen molar-refractivity contribution in [2.24, 2.45) is 16.7 Å². The Balaban J connectivity index is 1.80. The van der Waals surface area contributed by atoms with E-state index >= 15 is 0 Å². The lowest BCUT2D eigenvalue weighted by Gasteiger charge is -2.43. The second kappa shape index (κ2) is 4.43. The van der Waals surface area contributed by atoms with Crippen LogP contribution in [0.25, 0.3) is 0 Å². The summed E-state index contributed by atoms with van der Waals surface area (Å²) >= 11 is 12.2. The molecule has 1 heterocycles. The molecular weight excluding hydrogens is 331 g/mol. The van der Waals surface area contributed by atoms with E-state index in [2.05, 4.69) is 19.9 Å². The minimum absolute atomic E-state index is 0.0251. The third-order valence-electron chi connectivity index (χ3n) is 7.15. The number of carbonyl (C=O) groups excluding carboxylic acids is 1. The molecular formula is C18H18Cl2N2O. The van der Waals surface area contributed by atoms with Crippen molar-refractivity contribution < 1.29 is 4.79 Å². The normalized spacial score (nSPS) is 40.5. The summed E-state index contributed by atoms with van der Waals surface area (Å²) < 4.78 is 0. The van der Waals surface area contributed by atoms with Crippen molar-refractivity contribution in [2.75, 3.05) is 6.54 Å². The number of likely N-dealkylation sites (tertiary alicyclic amines) is 1. The third-order valence-corrected chi connectivity index (χ3v) is 7.70. The highest BCUT2D eigenvalue weighted by atomic mass is 35.5. The van der Waals surface area contributed by atoms with Crippen molar-refractivity contribution in [2.45, 2.75) is 38.6 Å². The molecule has 1 aliphatic heterocycles. The van der Waals surface area contributed by atoms with E-state index in [4.69, 9.17) is 23.2 Å². The van der Waals surface area contributed by atoms with Gasteiger partial charge in [-0.2, -0.15) is 5.26 Å². The fourth-order valence-corrected chi connectivity index (χ4v) is 6.05. The Morgan fingerprint density at radius 3 is 2.74 bits per heavy atom. The van der Waals surface area contributed by atoms with Gasteiger partial charge in [0.05, 0.1) is 16.7 Å². The van der Waals surface area contributed by atoms with Crippen LogP contribution in [0.4, 0.5) is 0 Å². The Hall–Kier alpha value is -1.24. The molecule has 2 aliphatic carbocycles. The second-order valence-electron chi connectivity index (χ2n) is 7.68. The van der Waals surface area contributed by atoms with Crippen molar-refractivity contribution in [1.29, 1.82) is 5.26 Å². The Labute approximate surface area is 146 Å². The van der Waals surface area contributed by atoms with Crippen LogP contribution in [0.5, 0.6) is 0 Å². The lowest BCUT2D eigenvalue weighted by molar-refractivity contribution is 0.0430. The van der Waals surface area contributed by atoms with Gasteiger partial charge in [0.2, 0.25) is 0 Å². The molecule has 5 heteroatoms. The van der Waals surface area contributed by atoms with Gasteiger partial charge >= 0.3 is 0 Å². The molecule has 3 nitrogen and oxygen atoms in total. The largest absolute Gasteiger partial charge is 0.319 e. The Bertz CT molecular complexity index is 773. The standard InChI is InChI=1S/C18H18Cl2N2O/c1-16-10-22(15(23)13-4-3-12(19)7-14(13)20)18(9-21)8-11(16)5-6-17(16,18)2/h3-4,7,11H,5-6,8,10H2,1-2H3/t11-,16-,17-,18-/m0/s1. The first kappa shape index (κ1) is 15.3. The van der Waals surface area contributed by atoms with E-state index in [1.54, 1.807) is 23.1 Å². The first-order valence-corrected chi connectivity index (χ1v) is 8.73. The number of hydrogen-bond acceptors (Lipinski definition) is 2. The number of rotatable bonds is 1. The molecule has 0 N–H and O–H groups in total. The van der Waals surface area contributed by atoms with Crippen molar-refractivity contribution in [3.63, 3.8) is 0 Å². The zero-order valence-corrected chi connectivity index (χ0v) is 14.7. The van der Waals surface area contributed by atoms with Crippen molar-refractivity contribution in [3.05, 3.63) is 33.8 Å². The molecule has 1 aromatic rings. The summed E-state index contributed by atoms with van der Waals surface area (Å²) in [6.45, 7) is 5.08. The maximum absolute atomic E-state index is 13.1. The molecule has 3 aliphatic rings. The highest BCUT2D eigenvalue weighted by Crippen LogP contribution is 2.75. The molecule has 1 aromatic carbocycles. The number of piperidine rings is 1. The van der Waals surface area contributed by atoms with Gasteiger partial charge in [-0.15, -0.1) is 0 Å². The van der Waals surface area contributed by atoms with Gasteiger partial charge in [0, 0.05) is 17.0 Å². The first-order valence-electron chi connectivity index (χ1n) is 7.97. The average Bonchev–Trinajstić information content (AvgIpc) is 2.95. The molecule has 2 saturated carbocycles. The maximum Gasteiger partial charge on any atom is 0.256 e. The molecule has 4 atom stereocenters. The van der Waals surface area contributed by atoms with Gasteiger partial charge in [-0.25, -0.2) is 0 Å². The number of halogens is 2. The molecule has 3 fully saturated rings. The number of hydrogen-bond donors (Lipinski definition) is 0. The molecule has 0 aromatic heterocycles. The lowest BCUT2D eigenvalue weighted by atomic mass is 9.66. The molecule has 4 bridgehead atoms. The highest BCUT2D eigenvalue weighted by molar-refractivity contribution is 6.36. The Morgan fingerprint density at radius 1 is 1.39 bits per heavy atom. The SMILES string of the molecule is C[C@@]12CC[C@H]3C[C@@]1(C#N)N(C(=O)c1ccc(Cl)cc1Cl)C[C@@]32C. The topological polar surface area (TPSA) is 44.1 Å². The summed E-state index contributed by atoms with van der Waals surface area (Å²) in [5, 5.41) is 10.9. The van der Waals surface area contributed by atoms with E-state index in [9.17, 15) is 10.1 Å². The number of nitriles is 1. The third kappa shape index (κ3) is 1.55. The maximum atomic E-state index is 13.1. The second-order valence-corrected chi connectivity index (χ2v) is 8.52. The highest BCUT2D eigenvalue weighted by Gasteiger charge is 2.78. The fraction of sp³-hybridized carbons (Fsp3) is 0.556. The molecule has 0 radical (unpaired) electrons. The molecule has 1 amide bonds. The van der Waals surface area contributed by atoms with Crippen LogP contribution < -0.4 is 0 Å². The first-order chi connectivity index (χ1) is 10.8. The van der Waals surface area contributed by atoms with E-state index in [0.29, 0.717) is 28.1 Å². The number of carbonyl (C=O) groups is 1. The predicted octanol–water partition coefficient (Wildman–Crippen LogP) is 4.54. The van der Waals surface area contributed by atoms with Crippen LogP contribution >= 0.6 is 23.2 Å². The van der Waals surface area contributed by atoms with Gasteiger partial charge in [-0.05, 0) is 48.8 Å². The van der Waals surface area contributed by atoms with Crippen LogP contribution in [0.2, 0.25) is 10.0 Å². The monoisotopic (exact) mass is 348 g/mol. The van der Waals surface area contributed by atoms with Crippen molar-refractivity contribution >= 4 is 29.1 Å². The van der Waals surface area contributed by atoms with Gasteiger partial charge in [-0.3, -0.25) is 4.79 Å². The zero-order valence-electron chi connectivity index (χ0n) is 13.2. The van der Waals surface area contributed by atoms with E-state index in [0.717, 1.165) is 12.8 Å². The average molecular weight is 349 g/mol. The summed E-state index contributed by atoms with van der Waals surface area (Å²) in [7, 11) is 0. The van der Waals surface area contributed by atoms with Crippen LogP contribution in [0.15, 0.2) is 18.2 Å². The lowest BCUT2D eigenvalue weighted by Crippen LogP contribution is -2.54. The minimum Gasteiger partial charge on any atom is -0.319 e. The number of amides is 1. The van der Waals surface area contributed by atoms with Gasteiger partial charge < -0.3 is 4.90 Å². The van der Waals surface area contributed by atoms with Crippen LogP contribution in [-0.4, -0.2) is 22.9 Å². The Morgan fingerprint density at radius 2 is 2.13 bits per heavy atom. The molecule has 4 rings (SSSR count). The molecule has 23 heavy (non-hydrogen) atoms. The van der Waals surface area contributed by atoms with E-state index in [1.165, 1.54) is 6.42 Å². The molecule has 120 valence electrons. The Kier molecular flexibility index (Phi) is 2.95. The smallest absolute Gasteiger partial charge is 0.256 e. The quantitative estimate of drug-likeness (QED) is 0.747. The fourth-order valence-electron chi connectivity index (χ4n) is 5.56. The summed E-state index contributed by atoms with van der Waals surface area (Å²) in [4.78, 5) is 14.9. The van der Waals surface area contributed by atoms with Crippen LogP contribution in [0, 0.1) is 28.1 Å². The van der Waals surface area contributed by atoms with Gasteiger partial charge in [-0.1, -0.05) is 37.0 Å². The number of benzene rings is 1. The summed E-state index contributed by atoms with van der Waals surface area (Å²) in [6.07, 6.45) is 2.97. The predicted molar refractivity (Wildman–Crippen MR) is 89.4 cm³/mol.